The Morgan fingerprint density at radius 1 is 1.41 bits per heavy atom. The summed E-state index contributed by atoms with van der Waals surface area (Å²) in [6.45, 7) is 0. The molecule has 1 aromatic carbocycles. The van der Waals surface area contributed by atoms with Crippen LogP contribution in [-0.2, 0) is 0 Å². The van der Waals surface area contributed by atoms with E-state index < -0.39 is 0 Å². The van der Waals surface area contributed by atoms with Crippen LogP contribution in [0, 0.1) is 3.57 Å². The SMILES string of the molecule is COc1ccc(Br)c(-c2ncc(I)c(Cl)n2)c1. The summed E-state index contributed by atoms with van der Waals surface area (Å²) >= 11 is 11.5. The Hall–Kier alpha value is -0.400. The van der Waals surface area contributed by atoms with Crippen LogP contribution in [0.3, 0.4) is 0 Å². The van der Waals surface area contributed by atoms with E-state index in [1.54, 1.807) is 13.3 Å². The van der Waals surface area contributed by atoms with Gasteiger partial charge in [0.15, 0.2) is 5.82 Å². The predicted molar refractivity (Wildman–Crippen MR) is 79.4 cm³/mol. The molecule has 3 nitrogen and oxygen atoms in total. The van der Waals surface area contributed by atoms with Gasteiger partial charge in [0.25, 0.3) is 0 Å². The van der Waals surface area contributed by atoms with Crippen LogP contribution in [0.5, 0.6) is 5.75 Å². The average molecular weight is 425 g/mol. The molecule has 0 radical (unpaired) electrons. The van der Waals surface area contributed by atoms with Gasteiger partial charge in [-0.1, -0.05) is 27.5 Å². The number of benzene rings is 1. The van der Waals surface area contributed by atoms with Crippen LogP contribution < -0.4 is 4.74 Å². The van der Waals surface area contributed by atoms with Gasteiger partial charge in [-0.3, -0.25) is 0 Å². The summed E-state index contributed by atoms with van der Waals surface area (Å²) < 4.78 is 6.90. The summed E-state index contributed by atoms with van der Waals surface area (Å²) in [6, 6.07) is 5.62. The first-order chi connectivity index (χ1) is 8.11. The van der Waals surface area contributed by atoms with E-state index >= 15 is 0 Å². The number of hydrogen-bond acceptors (Lipinski definition) is 3. The Labute approximate surface area is 126 Å². The molecule has 0 aliphatic heterocycles. The summed E-state index contributed by atoms with van der Waals surface area (Å²) in [7, 11) is 1.62. The number of hydrogen-bond donors (Lipinski definition) is 0. The third-order valence-corrected chi connectivity index (χ3v) is 4.20. The third-order valence-electron chi connectivity index (χ3n) is 2.12. The first-order valence-electron chi connectivity index (χ1n) is 4.64. The summed E-state index contributed by atoms with van der Waals surface area (Å²) in [6.07, 6.45) is 1.69. The summed E-state index contributed by atoms with van der Waals surface area (Å²) in [5.41, 5.74) is 0.850. The van der Waals surface area contributed by atoms with E-state index in [1.165, 1.54) is 0 Å². The molecule has 0 atom stereocenters. The first-order valence-corrected chi connectivity index (χ1v) is 6.88. The maximum Gasteiger partial charge on any atom is 0.162 e. The molecule has 1 heterocycles. The van der Waals surface area contributed by atoms with E-state index in [2.05, 4.69) is 48.5 Å². The molecule has 2 rings (SSSR count). The fourth-order valence-corrected chi connectivity index (χ4v) is 2.09. The van der Waals surface area contributed by atoms with Gasteiger partial charge in [-0.2, -0.15) is 0 Å². The molecule has 0 saturated carbocycles. The highest BCUT2D eigenvalue weighted by Gasteiger charge is 2.10. The molecule has 17 heavy (non-hydrogen) atoms. The molecule has 0 spiro atoms. The lowest BCUT2D eigenvalue weighted by molar-refractivity contribution is 0.415. The van der Waals surface area contributed by atoms with Crippen molar-refractivity contribution in [3.8, 4) is 17.1 Å². The number of rotatable bonds is 2. The second-order valence-electron chi connectivity index (χ2n) is 3.18. The number of ether oxygens (including phenoxy) is 1. The zero-order valence-electron chi connectivity index (χ0n) is 8.75. The van der Waals surface area contributed by atoms with Gasteiger partial charge in [-0.15, -0.1) is 0 Å². The van der Waals surface area contributed by atoms with Gasteiger partial charge in [0.2, 0.25) is 0 Å². The zero-order valence-corrected chi connectivity index (χ0v) is 13.2. The Morgan fingerprint density at radius 3 is 2.82 bits per heavy atom. The molecular formula is C11H7BrClIN2O. The summed E-state index contributed by atoms with van der Waals surface area (Å²) in [4.78, 5) is 8.50. The standard InChI is InChI=1S/C11H7BrClIN2O/c1-17-6-2-3-8(12)7(4-6)11-15-5-9(14)10(13)16-11/h2-5H,1H3. The van der Waals surface area contributed by atoms with E-state index in [-0.39, 0.29) is 0 Å². The Morgan fingerprint density at radius 2 is 2.18 bits per heavy atom. The Balaban J connectivity index is 2.55. The van der Waals surface area contributed by atoms with Gasteiger partial charge >= 0.3 is 0 Å². The molecule has 0 unspecified atom stereocenters. The van der Waals surface area contributed by atoms with Crippen LogP contribution in [-0.4, -0.2) is 17.1 Å². The molecule has 0 aliphatic carbocycles. The highest BCUT2D eigenvalue weighted by molar-refractivity contribution is 14.1. The second-order valence-corrected chi connectivity index (χ2v) is 5.55. The van der Waals surface area contributed by atoms with Gasteiger partial charge in [-0.25, -0.2) is 9.97 Å². The van der Waals surface area contributed by atoms with Gasteiger partial charge in [0.05, 0.1) is 10.7 Å². The van der Waals surface area contributed by atoms with Crippen molar-refractivity contribution < 1.29 is 4.74 Å². The largest absolute Gasteiger partial charge is 0.497 e. The Bertz CT molecular complexity index is 565. The van der Waals surface area contributed by atoms with E-state index in [1.807, 2.05) is 18.2 Å². The van der Waals surface area contributed by atoms with Crippen LogP contribution in [0.4, 0.5) is 0 Å². The fourth-order valence-electron chi connectivity index (χ4n) is 1.28. The fraction of sp³-hybridized carbons (Fsp3) is 0.0909. The molecular weight excluding hydrogens is 418 g/mol. The normalized spacial score (nSPS) is 10.4. The zero-order chi connectivity index (χ0) is 12.4. The van der Waals surface area contributed by atoms with Crippen LogP contribution >= 0.6 is 50.1 Å². The molecule has 88 valence electrons. The Kier molecular flexibility index (Phi) is 4.22. The minimum atomic E-state index is 0.449. The third kappa shape index (κ3) is 2.89. The number of halogens is 3. The van der Waals surface area contributed by atoms with Crippen LogP contribution in [0.25, 0.3) is 11.4 Å². The van der Waals surface area contributed by atoms with Crippen molar-refractivity contribution in [2.75, 3.05) is 7.11 Å². The van der Waals surface area contributed by atoms with Crippen LogP contribution in [0.1, 0.15) is 0 Å². The van der Waals surface area contributed by atoms with E-state index in [9.17, 15) is 0 Å². The van der Waals surface area contributed by atoms with Crippen molar-refractivity contribution in [1.82, 2.24) is 9.97 Å². The lowest BCUT2D eigenvalue weighted by atomic mass is 10.2. The quantitative estimate of drug-likeness (QED) is 0.535. The van der Waals surface area contributed by atoms with Crippen molar-refractivity contribution in [1.29, 1.82) is 0 Å². The number of aromatic nitrogens is 2. The van der Waals surface area contributed by atoms with Crippen molar-refractivity contribution in [3.05, 3.63) is 37.6 Å². The number of nitrogens with zero attached hydrogens (tertiary/aromatic N) is 2. The van der Waals surface area contributed by atoms with Crippen molar-refractivity contribution >= 4 is 50.1 Å². The number of methoxy groups -OCH3 is 1. The van der Waals surface area contributed by atoms with E-state index in [0.29, 0.717) is 11.0 Å². The van der Waals surface area contributed by atoms with Gasteiger partial charge in [0, 0.05) is 16.2 Å². The second kappa shape index (κ2) is 5.49. The van der Waals surface area contributed by atoms with Gasteiger partial charge in [-0.05, 0) is 40.8 Å². The molecule has 0 bridgehead atoms. The average Bonchev–Trinajstić information content (AvgIpc) is 2.33. The van der Waals surface area contributed by atoms with Crippen LogP contribution in [0.2, 0.25) is 5.15 Å². The topological polar surface area (TPSA) is 35.0 Å². The smallest absolute Gasteiger partial charge is 0.162 e. The van der Waals surface area contributed by atoms with Crippen molar-refractivity contribution in [2.24, 2.45) is 0 Å². The molecule has 0 fully saturated rings. The van der Waals surface area contributed by atoms with E-state index in [4.69, 9.17) is 16.3 Å². The van der Waals surface area contributed by atoms with E-state index in [0.717, 1.165) is 19.4 Å². The molecule has 6 heteroatoms. The minimum absolute atomic E-state index is 0.449. The minimum Gasteiger partial charge on any atom is -0.497 e. The molecule has 0 aliphatic rings. The molecule has 2 aromatic rings. The van der Waals surface area contributed by atoms with Gasteiger partial charge < -0.3 is 4.74 Å². The van der Waals surface area contributed by atoms with Crippen LogP contribution in [0.15, 0.2) is 28.9 Å². The lowest BCUT2D eigenvalue weighted by Gasteiger charge is -2.06. The van der Waals surface area contributed by atoms with Crippen molar-refractivity contribution in [2.45, 2.75) is 0 Å². The highest BCUT2D eigenvalue weighted by atomic mass is 127. The van der Waals surface area contributed by atoms with Gasteiger partial charge in [0.1, 0.15) is 10.9 Å². The summed E-state index contributed by atoms with van der Waals surface area (Å²) in [5.74, 6) is 1.32. The summed E-state index contributed by atoms with van der Waals surface area (Å²) in [5, 5.41) is 0.449. The predicted octanol–water partition coefficient (Wildman–Crippen LogP) is 4.17. The van der Waals surface area contributed by atoms with Crippen molar-refractivity contribution in [3.63, 3.8) is 0 Å². The molecule has 0 N–H and O–H groups in total. The highest BCUT2D eigenvalue weighted by Crippen LogP contribution is 2.30. The molecule has 1 aromatic heterocycles. The first kappa shape index (κ1) is 13.0. The monoisotopic (exact) mass is 424 g/mol. The lowest BCUT2D eigenvalue weighted by Crippen LogP contribution is -1.93. The maximum absolute atomic E-state index is 5.98. The maximum atomic E-state index is 5.98. The molecule has 0 amide bonds. The molecule has 0 saturated heterocycles.